The first kappa shape index (κ1) is 15.7. The Morgan fingerprint density at radius 3 is 2.05 bits per heavy atom. The van der Waals surface area contributed by atoms with Crippen molar-refractivity contribution in [1.29, 1.82) is 0 Å². The van der Waals surface area contributed by atoms with Gasteiger partial charge in [0, 0.05) is 5.25 Å². The first-order valence-electron chi connectivity index (χ1n) is 9.02. The van der Waals surface area contributed by atoms with Gasteiger partial charge in [0.25, 0.3) is 0 Å². The van der Waals surface area contributed by atoms with E-state index in [-0.39, 0.29) is 0 Å². The molecule has 1 heteroatoms. The molecule has 0 amide bonds. The van der Waals surface area contributed by atoms with Crippen molar-refractivity contribution in [2.24, 2.45) is 11.8 Å². The lowest BCUT2D eigenvalue weighted by molar-refractivity contribution is 0.286. The molecule has 0 saturated heterocycles. The highest BCUT2D eigenvalue weighted by Gasteiger charge is 2.18. The molecule has 2 fully saturated rings. The van der Waals surface area contributed by atoms with Crippen molar-refractivity contribution in [2.45, 2.75) is 102 Å². The molecule has 0 aromatic carbocycles. The lowest BCUT2D eigenvalue weighted by Gasteiger charge is -2.24. The summed E-state index contributed by atoms with van der Waals surface area (Å²) in [4.78, 5) is 0. The average Bonchev–Trinajstić information content (AvgIpc) is 2.83. The van der Waals surface area contributed by atoms with Crippen LogP contribution in [-0.2, 0) is 0 Å². The molecule has 0 aliphatic heterocycles. The molecule has 0 aromatic heterocycles. The maximum absolute atomic E-state index is 4.80. The number of hydrogen-bond donors (Lipinski definition) is 1. The number of unbranched alkanes of at least 4 members (excludes halogenated alkanes) is 4. The normalized spacial score (nSPS) is 22.6. The van der Waals surface area contributed by atoms with Gasteiger partial charge in [-0.15, -0.1) is 0 Å². The van der Waals surface area contributed by atoms with Gasteiger partial charge in [-0.05, 0) is 24.7 Å². The Morgan fingerprint density at radius 2 is 1.37 bits per heavy atom. The minimum absolute atomic E-state index is 0.693. The van der Waals surface area contributed by atoms with Crippen LogP contribution in [0.1, 0.15) is 96.3 Å². The number of hydrogen-bond acceptors (Lipinski definition) is 1. The molecule has 1 atom stereocenters. The van der Waals surface area contributed by atoms with Gasteiger partial charge in [-0.1, -0.05) is 83.5 Å². The maximum atomic E-state index is 4.80. The van der Waals surface area contributed by atoms with E-state index in [1.807, 2.05) is 0 Å². The maximum Gasteiger partial charge on any atom is 0.00194 e. The summed E-state index contributed by atoms with van der Waals surface area (Å²) in [7, 11) is 0. The van der Waals surface area contributed by atoms with Crippen LogP contribution in [0.5, 0.6) is 0 Å². The van der Waals surface area contributed by atoms with Crippen LogP contribution in [0.3, 0.4) is 0 Å². The first-order valence-corrected chi connectivity index (χ1v) is 9.54. The van der Waals surface area contributed by atoms with Gasteiger partial charge in [0.1, 0.15) is 0 Å². The van der Waals surface area contributed by atoms with E-state index in [1.54, 1.807) is 0 Å². The van der Waals surface area contributed by atoms with Crippen LogP contribution in [0.2, 0.25) is 0 Å². The summed E-state index contributed by atoms with van der Waals surface area (Å²) in [5, 5.41) is 0.693. The van der Waals surface area contributed by atoms with Gasteiger partial charge in [0.15, 0.2) is 0 Å². The van der Waals surface area contributed by atoms with E-state index in [4.69, 9.17) is 12.6 Å². The van der Waals surface area contributed by atoms with Crippen LogP contribution < -0.4 is 0 Å². The van der Waals surface area contributed by atoms with E-state index in [9.17, 15) is 0 Å². The quantitative estimate of drug-likeness (QED) is 0.348. The predicted molar refractivity (Wildman–Crippen MR) is 89.0 cm³/mol. The predicted octanol–water partition coefficient (Wildman–Crippen LogP) is 6.40. The van der Waals surface area contributed by atoms with Crippen LogP contribution in [0.25, 0.3) is 0 Å². The first-order chi connectivity index (χ1) is 9.34. The summed E-state index contributed by atoms with van der Waals surface area (Å²) >= 11 is 4.80. The standard InChI is InChI=1S/C18H34S/c19-18(15-17-10-6-7-11-17)14-5-3-1-2-4-9-16-12-8-13-16/h16-19H,1-15H2. The molecule has 2 aliphatic carbocycles. The van der Waals surface area contributed by atoms with E-state index < -0.39 is 0 Å². The van der Waals surface area contributed by atoms with Gasteiger partial charge in [0.2, 0.25) is 0 Å². The Morgan fingerprint density at radius 1 is 0.737 bits per heavy atom. The molecular formula is C18H34S. The van der Waals surface area contributed by atoms with Crippen LogP contribution in [0, 0.1) is 11.8 Å². The van der Waals surface area contributed by atoms with Gasteiger partial charge >= 0.3 is 0 Å². The van der Waals surface area contributed by atoms with E-state index >= 15 is 0 Å². The summed E-state index contributed by atoms with van der Waals surface area (Å²) in [6, 6.07) is 0. The van der Waals surface area contributed by atoms with Crippen molar-refractivity contribution in [2.75, 3.05) is 0 Å². The number of rotatable bonds is 10. The summed E-state index contributed by atoms with van der Waals surface area (Å²) in [6.45, 7) is 0. The fraction of sp³-hybridized carbons (Fsp3) is 1.00. The molecule has 0 N–H and O–H groups in total. The molecule has 112 valence electrons. The molecule has 0 aromatic rings. The van der Waals surface area contributed by atoms with Gasteiger partial charge < -0.3 is 0 Å². The Kier molecular flexibility index (Phi) is 7.71. The molecule has 0 radical (unpaired) electrons. The second-order valence-corrected chi connectivity index (χ2v) is 7.91. The molecule has 0 heterocycles. The molecular weight excluding hydrogens is 248 g/mol. The SMILES string of the molecule is SC(CCCCCCCC1CCC1)CC1CCCC1. The Balaban J connectivity index is 1.34. The van der Waals surface area contributed by atoms with E-state index in [2.05, 4.69) is 0 Å². The third kappa shape index (κ3) is 6.56. The van der Waals surface area contributed by atoms with Gasteiger partial charge in [0.05, 0.1) is 0 Å². The second-order valence-electron chi connectivity index (χ2n) is 7.18. The Labute approximate surface area is 126 Å². The molecule has 0 bridgehead atoms. The highest BCUT2D eigenvalue weighted by molar-refractivity contribution is 7.80. The van der Waals surface area contributed by atoms with Crippen molar-refractivity contribution >= 4 is 12.6 Å². The zero-order valence-corrected chi connectivity index (χ0v) is 13.7. The lowest BCUT2D eigenvalue weighted by atomic mass is 9.81. The minimum atomic E-state index is 0.693. The summed E-state index contributed by atoms with van der Waals surface area (Å²) in [5.74, 6) is 2.14. The van der Waals surface area contributed by atoms with Crippen molar-refractivity contribution in [3.63, 3.8) is 0 Å². The average molecular weight is 283 g/mol. The second kappa shape index (κ2) is 9.32. The van der Waals surface area contributed by atoms with Crippen molar-refractivity contribution < 1.29 is 0 Å². The topological polar surface area (TPSA) is 0 Å². The monoisotopic (exact) mass is 282 g/mol. The summed E-state index contributed by atoms with van der Waals surface area (Å²) in [5.41, 5.74) is 0. The van der Waals surface area contributed by atoms with E-state index in [1.165, 1.54) is 96.3 Å². The van der Waals surface area contributed by atoms with Crippen LogP contribution >= 0.6 is 12.6 Å². The molecule has 2 saturated carbocycles. The Bertz CT molecular complexity index is 216. The molecule has 2 rings (SSSR count). The lowest BCUT2D eigenvalue weighted by Crippen LogP contribution is -2.10. The van der Waals surface area contributed by atoms with Gasteiger partial charge in [-0.2, -0.15) is 12.6 Å². The minimum Gasteiger partial charge on any atom is -0.176 e. The summed E-state index contributed by atoms with van der Waals surface area (Å²) in [6.07, 6.45) is 22.1. The molecule has 2 aliphatic rings. The largest absolute Gasteiger partial charge is 0.176 e. The number of thiol groups is 1. The van der Waals surface area contributed by atoms with Crippen molar-refractivity contribution in [1.82, 2.24) is 0 Å². The fourth-order valence-electron chi connectivity index (χ4n) is 3.87. The van der Waals surface area contributed by atoms with Gasteiger partial charge in [-0.3, -0.25) is 0 Å². The van der Waals surface area contributed by atoms with E-state index in [0.29, 0.717) is 5.25 Å². The van der Waals surface area contributed by atoms with Crippen LogP contribution in [0.15, 0.2) is 0 Å². The summed E-state index contributed by atoms with van der Waals surface area (Å²) < 4.78 is 0. The zero-order valence-electron chi connectivity index (χ0n) is 12.8. The van der Waals surface area contributed by atoms with E-state index in [0.717, 1.165) is 11.8 Å². The van der Waals surface area contributed by atoms with Gasteiger partial charge in [-0.25, -0.2) is 0 Å². The molecule has 1 unspecified atom stereocenters. The third-order valence-electron chi connectivity index (χ3n) is 5.45. The molecule has 19 heavy (non-hydrogen) atoms. The van der Waals surface area contributed by atoms with Crippen LogP contribution in [-0.4, -0.2) is 5.25 Å². The highest BCUT2D eigenvalue weighted by atomic mass is 32.1. The highest BCUT2D eigenvalue weighted by Crippen LogP contribution is 2.32. The third-order valence-corrected chi connectivity index (χ3v) is 5.92. The van der Waals surface area contributed by atoms with Crippen molar-refractivity contribution in [3.05, 3.63) is 0 Å². The van der Waals surface area contributed by atoms with Crippen LogP contribution in [0.4, 0.5) is 0 Å². The smallest absolute Gasteiger partial charge is 0.00194 e. The van der Waals surface area contributed by atoms with Crippen molar-refractivity contribution in [3.8, 4) is 0 Å². The fourth-order valence-corrected chi connectivity index (χ4v) is 4.35. The zero-order chi connectivity index (χ0) is 13.3. The Hall–Kier alpha value is 0.350. The molecule has 0 nitrogen and oxygen atoms in total. The molecule has 0 spiro atoms.